The van der Waals surface area contributed by atoms with Gasteiger partial charge in [-0.15, -0.1) is 10.2 Å². The molecular formula is C27H32N4O6. The van der Waals surface area contributed by atoms with E-state index in [0.717, 1.165) is 17.1 Å². The molecule has 0 saturated carbocycles. The summed E-state index contributed by atoms with van der Waals surface area (Å²) >= 11 is 0. The highest BCUT2D eigenvalue weighted by atomic mass is 16.5. The van der Waals surface area contributed by atoms with Crippen LogP contribution in [-0.4, -0.2) is 81.7 Å². The standard InChI is InChI=1S/C27H32N4O6/c1-18(37-21-8-6-20(33-2)7-9-21)27(32)31-14-12-30(13-15-31)25-11-10-22(28-29-25)19-16-23(34-3)26(36-5)24(17-19)35-4/h6-11,16-18H,12-15H2,1-5H3. The first-order valence-electron chi connectivity index (χ1n) is 12.0. The van der Waals surface area contributed by atoms with Crippen LogP contribution in [0.4, 0.5) is 5.82 Å². The van der Waals surface area contributed by atoms with Crippen LogP contribution in [0.1, 0.15) is 6.92 Å². The first kappa shape index (κ1) is 25.9. The van der Waals surface area contributed by atoms with Crippen molar-refractivity contribution in [2.45, 2.75) is 13.0 Å². The number of aromatic nitrogens is 2. The molecule has 1 aromatic heterocycles. The predicted molar refractivity (Wildman–Crippen MR) is 139 cm³/mol. The summed E-state index contributed by atoms with van der Waals surface area (Å²) in [6.07, 6.45) is -0.586. The molecule has 3 aromatic rings. The lowest BCUT2D eigenvalue weighted by atomic mass is 10.1. The lowest BCUT2D eigenvalue weighted by Gasteiger charge is -2.36. The molecule has 0 aliphatic carbocycles. The minimum Gasteiger partial charge on any atom is -0.497 e. The maximum absolute atomic E-state index is 12.9. The third-order valence-electron chi connectivity index (χ3n) is 6.25. The monoisotopic (exact) mass is 508 g/mol. The lowest BCUT2D eigenvalue weighted by Crippen LogP contribution is -2.52. The van der Waals surface area contributed by atoms with Crippen LogP contribution >= 0.6 is 0 Å². The van der Waals surface area contributed by atoms with Crippen LogP contribution in [0.15, 0.2) is 48.5 Å². The molecule has 1 unspecified atom stereocenters. The molecule has 0 spiro atoms. The maximum atomic E-state index is 12.9. The number of ether oxygens (including phenoxy) is 5. The zero-order valence-electron chi connectivity index (χ0n) is 21.8. The van der Waals surface area contributed by atoms with Gasteiger partial charge >= 0.3 is 0 Å². The number of anilines is 1. The van der Waals surface area contributed by atoms with Crippen LogP contribution in [0.3, 0.4) is 0 Å². The first-order chi connectivity index (χ1) is 18.0. The van der Waals surface area contributed by atoms with Crippen molar-refractivity contribution >= 4 is 11.7 Å². The van der Waals surface area contributed by atoms with Crippen LogP contribution < -0.4 is 28.6 Å². The number of rotatable bonds is 9. The van der Waals surface area contributed by atoms with Gasteiger partial charge in [0.05, 0.1) is 34.1 Å². The van der Waals surface area contributed by atoms with E-state index in [1.807, 2.05) is 29.2 Å². The largest absolute Gasteiger partial charge is 0.497 e. The number of nitrogens with zero attached hydrogens (tertiary/aromatic N) is 4. The summed E-state index contributed by atoms with van der Waals surface area (Å²) in [7, 11) is 6.33. The Bertz CT molecular complexity index is 1170. The Kier molecular flexibility index (Phi) is 8.17. The Morgan fingerprint density at radius 3 is 1.92 bits per heavy atom. The highest BCUT2D eigenvalue weighted by Gasteiger charge is 2.27. The van der Waals surface area contributed by atoms with E-state index >= 15 is 0 Å². The number of hydrogen-bond acceptors (Lipinski definition) is 9. The van der Waals surface area contributed by atoms with Gasteiger partial charge in [0.25, 0.3) is 5.91 Å². The van der Waals surface area contributed by atoms with Crippen molar-refractivity contribution in [1.29, 1.82) is 0 Å². The molecule has 1 saturated heterocycles. The SMILES string of the molecule is COc1ccc(OC(C)C(=O)N2CCN(c3ccc(-c4cc(OC)c(OC)c(OC)c4)nn3)CC2)cc1. The fourth-order valence-corrected chi connectivity index (χ4v) is 4.20. The summed E-state index contributed by atoms with van der Waals surface area (Å²) in [5, 5.41) is 8.85. The average molecular weight is 509 g/mol. The number of carbonyl (C=O) groups is 1. The number of benzene rings is 2. The quantitative estimate of drug-likeness (QED) is 0.431. The lowest BCUT2D eigenvalue weighted by molar-refractivity contribution is -0.138. The highest BCUT2D eigenvalue weighted by molar-refractivity contribution is 5.81. The van der Waals surface area contributed by atoms with E-state index in [1.54, 1.807) is 59.6 Å². The van der Waals surface area contributed by atoms with E-state index in [2.05, 4.69) is 15.1 Å². The Morgan fingerprint density at radius 1 is 0.784 bits per heavy atom. The van der Waals surface area contributed by atoms with E-state index in [4.69, 9.17) is 23.7 Å². The van der Waals surface area contributed by atoms with Gasteiger partial charge in [-0.25, -0.2) is 0 Å². The van der Waals surface area contributed by atoms with Crippen LogP contribution in [0.25, 0.3) is 11.3 Å². The summed E-state index contributed by atoms with van der Waals surface area (Å²) in [5.74, 6) is 3.70. The summed E-state index contributed by atoms with van der Waals surface area (Å²) in [6.45, 7) is 4.22. The minimum absolute atomic E-state index is 0.0423. The second kappa shape index (κ2) is 11.7. The van der Waals surface area contributed by atoms with Gasteiger partial charge in [0.1, 0.15) is 11.5 Å². The van der Waals surface area contributed by atoms with Crippen LogP contribution in [-0.2, 0) is 4.79 Å². The van der Waals surface area contributed by atoms with Crippen molar-refractivity contribution in [2.24, 2.45) is 0 Å². The molecule has 2 aromatic carbocycles. The minimum atomic E-state index is -0.586. The third kappa shape index (κ3) is 5.79. The zero-order chi connectivity index (χ0) is 26.4. The number of piperazine rings is 1. The normalized spacial score (nSPS) is 14.1. The molecule has 1 fully saturated rings. The Balaban J connectivity index is 1.36. The molecule has 10 heteroatoms. The van der Waals surface area contributed by atoms with Gasteiger partial charge in [0, 0.05) is 31.7 Å². The fraction of sp³-hybridized carbons (Fsp3) is 0.370. The number of amides is 1. The van der Waals surface area contributed by atoms with Crippen molar-refractivity contribution in [3.63, 3.8) is 0 Å². The van der Waals surface area contributed by atoms with Gasteiger partial charge < -0.3 is 33.5 Å². The van der Waals surface area contributed by atoms with Crippen LogP contribution in [0, 0.1) is 0 Å². The fourth-order valence-electron chi connectivity index (χ4n) is 4.20. The second-order valence-corrected chi connectivity index (χ2v) is 8.44. The van der Waals surface area contributed by atoms with Gasteiger partial charge in [-0.3, -0.25) is 4.79 Å². The summed E-state index contributed by atoms with van der Waals surface area (Å²) in [6, 6.07) is 14.7. The molecule has 0 bridgehead atoms. The summed E-state index contributed by atoms with van der Waals surface area (Å²) in [5.41, 5.74) is 1.48. The number of methoxy groups -OCH3 is 4. The Hall–Kier alpha value is -4.21. The molecule has 37 heavy (non-hydrogen) atoms. The maximum Gasteiger partial charge on any atom is 0.263 e. The van der Waals surface area contributed by atoms with Crippen LogP contribution in [0.2, 0.25) is 0 Å². The van der Waals surface area contributed by atoms with Crippen molar-refractivity contribution < 1.29 is 28.5 Å². The van der Waals surface area contributed by atoms with E-state index in [1.165, 1.54) is 0 Å². The van der Waals surface area contributed by atoms with Crippen LogP contribution in [0.5, 0.6) is 28.7 Å². The average Bonchev–Trinajstić information content (AvgIpc) is 2.96. The van der Waals surface area contributed by atoms with Gasteiger partial charge in [-0.2, -0.15) is 0 Å². The van der Waals surface area contributed by atoms with Crippen molar-refractivity contribution in [3.05, 3.63) is 48.5 Å². The van der Waals surface area contributed by atoms with Gasteiger partial charge in [-0.05, 0) is 55.5 Å². The predicted octanol–water partition coefficient (Wildman–Crippen LogP) is 3.29. The smallest absolute Gasteiger partial charge is 0.263 e. The van der Waals surface area contributed by atoms with E-state index in [9.17, 15) is 4.79 Å². The third-order valence-corrected chi connectivity index (χ3v) is 6.25. The Morgan fingerprint density at radius 2 is 1.41 bits per heavy atom. The molecule has 1 aliphatic rings. The molecule has 196 valence electrons. The molecule has 2 heterocycles. The second-order valence-electron chi connectivity index (χ2n) is 8.44. The number of carbonyl (C=O) groups excluding carboxylic acids is 1. The van der Waals surface area contributed by atoms with E-state index < -0.39 is 6.10 Å². The molecule has 0 radical (unpaired) electrons. The Labute approximate surface area is 216 Å². The van der Waals surface area contributed by atoms with Crippen molar-refractivity contribution in [2.75, 3.05) is 59.5 Å². The molecule has 4 rings (SSSR count). The molecule has 1 aliphatic heterocycles. The van der Waals surface area contributed by atoms with Gasteiger partial charge in [0.2, 0.25) is 5.75 Å². The van der Waals surface area contributed by atoms with E-state index in [0.29, 0.717) is 54.9 Å². The molecular weight excluding hydrogens is 476 g/mol. The molecule has 10 nitrogen and oxygen atoms in total. The summed E-state index contributed by atoms with van der Waals surface area (Å²) in [4.78, 5) is 16.9. The highest BCUT2D eigenvalue weighted by Crippen LogP contribution is 2.40. The molecule has 1 atom stereocenters. The topological polar surface area (TPSA) is 95.5 Å². The van der Waals surface area contributed by atoms with Crippen molar-refractivity contribution in [1.82, 2.24) is 15.1 Å². The van der Waals surface area contributed by atoms with Crippen molar-refractivity contribution in [3.8, 4) is 40.0 Å². The summed E-state index contributed by atoms with van der Waals surface area (Å²) < 4.78 is 27.3. The molecule has 0 N–H and O–H groups in total. The van der Waals surface area contributed by atoms with Gasteiger partial charge in [0.15, 0.2) is 23.4 Å². The number of hydrogen-bond donors (Lipinski definition) is 0. The van der Waals surface area contributed by atoms with Gasteiger partial charge in [-0.1, -0.05) is 0 Å². The first-order valence-corrected chi connectivity index (χ1v) is 12.0. The van der Waals surface area contributed by atoms with E-state index in [-0.39, 0.29) is 5.91 Å². The molecule has 1 amide bonds. The zero-order valence-corrected chi connectivity index (χ0v) is 21.8.